The molecule has 0 aliphatic heterocycles. The molecule has 2 aromatic carbocycles. The van der Waals surface area contributed by atoms with Gasteiger partial charge in [0.15, 0.2) is 0 Å². The number of sulfonamides is 1. The van der Waals surface area contributed by atoms with Crippen molar-refractivity contribution in [3.05, 3.63) is 77.8 Å². The van der Waals surface area contributed by atoms with Gasteiger partial charge >= 0.3 is 6.03 Å². The van der Waals surface area contributed by atoms with Crippen LogP contribution in [0.2, 0.25) is 0 Å². The molecule has 0 saturated carbocycles. The van der Waals surface area contributed by atoms with Crippen LogP contribution in [0.1, 0.15) is 26.5 Å². The minimum atomic E-state index is -3.53. The number of halogens is 1. The van der Waals surface area contributed by atoms with Gasteiger partial charge in [-0.05, 0) is 36.4 Å². The molecule has 0 spiro atoms. The molecule has 3 aromatic heterocycles. The summed E-state index contributed by atoms with van der Waals surface area (Å²) in [6.45, 7) is 6.05. The number of thiazole rings is 1. The maximum atomic E-state index is 14.9. The molecule has 5 aromatic rings. The molecule has 5 rings (SSSR count). The molecule has 3 heterocycles. The Kier molecular flexibility index (Phi) is 7.36. The fraction of sp³-hybridized carbons (Fsp3) is 0.185. The summed E-state index contributed by atoms with van der Waals surface area (Å²) in [5.74, 6) is 0.0939. The molecule has 0 fully saturated rings. The van der Waals surface area contributed by atoms with E-state index in [1.165, 1.54) is 41.8 Å². The van der Waals surface area contributed by atoms with Crippen molar-refractivity contribution < 1.29 is 22.3 Å². The first-order chi connectivity index (χ1) is 19.3. The van der Waals surface area contributed by atoms with Gasteiger partial charge in [-0.3, -0.25) is 10.0 Å². The minimum absolute atomic E-state index is 0.0563. The molecule has 0 saturated heterocycles. The zero-order chi connectivity index (χ0) is 29.4. The highest BCUT2D eigenvalue weighted by Crippen LogP contribution is 2.30. The van der Waals surface area contributed by atoms with Crippen molar-refractivity contribution in [1.82, 2.24) is 19.7 Å². The monoisotopic (exact) mass is 595 g/mol. The van der Waals surface area contributed by atoms with E-state index in [-0.39, 0.29) is 28.4 Å². The number of carbonyl (C=O) groups is 1. The maximum absolute atomic E-state index is 14.9. The maximum Gasteiger partial charge on any atom is 0.324 e. The van der Waals surface area contributed by atoms with Gasteiger partial charge in [0, 0.05) is 29.8 Å². The lowest BCUT2D eigenvalue weighted by molar-refractivity contribution is 0.262. The fourth-order valence-electron chi connectivity index (χ4n) is 3.80. The number of anilines is 3. The van der Waals surface area contributed by atoms with Gasteiger partial charge < -0.3 is 10.1 Å². The van der Waals surface area contributed by atoms with Gasteiger partial charge in [-0.2, -0.15) is 5.10 Å². The van der Waals surface area contributed by atoms with Crippen molar-refractivity contribution in [3.8, 4) is 17.2 Å². The van der Waals surface area contributed by atoms with Gasteiger partial charge in [-0.25, -0.2) is 32.3 Å². The van der Waals surface area contributed by atoms with Crippen LogP contribution in [0, 0.1) is 5.82 Å². The van der Waals surface area contributed by atoms with Crippen LogP contribution in [0.4, 0.5) is 26.5 Å². The topological polar surface area (TPSA) is 140 Å². The molecule has 41 heavy (non-hydrogen) atoms. The predicted octanol–water partition coefficient (Wildman–Crippen LogP) is 6.12. The SMILES string of the molecule is CC(C)(C)c1cc(NC(=O)Nc2ccc(Oc3ccnc(NS(C)(=O)=O)c3)cc2F)n(-c2ccc3scnc3c2)n1. The molecule has 14 heteroatoms. The van der Waals surface area contributed by atoms with Crippen molar-refractivity contribution in [3.63, 3.8) is 0 Å². The second-order valence-corrected chi connectivity index (χ2v) is 12.8. The number of hydrogen-bond donors (Lipinski definition) is 3. The Morgan fingerprint density at radius 2 is 1.78 bits per heavy atom. The smallest absolute Gasteiger partial charge is 0.324 e. The van der Waals surface area contributed by atoms with Crippen molar-refractivity contribution >= 4 is 54.9 Å². The quantitative estimate of drug-likeness (QED) is 0.206. The zero-order valence-corrected chi connectivity index (χ0v) is 24.1. The Hall–Kier alpha value is -4.56. The number of ether oxygens (including phenoxy) is 1. The summed E-state index contributed by atoms with van der Waals surface area (Å²) in [7, 11) is -3.53. The summed E-state index contributed by atoms with van der Waals surface area (Å²) < 4.78 is 48.3. The standard InChI is InChI=1S/C27H26FN7O4S2/c1-27(2,3)23-14-25(35(33-23)16-5-8-22-21(11-16)30-15-40-22)32-26(36)31-20-7-6-17(12-19(20)28)39-18-9-10-29-24(13-18)34-41(4,37)38/h5-15H,1-4H3,(H,29,34)(H2,31,32,36). The lowest BCUT2D eigenvalue weighted by atomic mass is 9.92. The summed E-state index contributed by atoms with van der Waals surface area (Å²) in [4.78, 5) is 21.2. The molecule has 0 bridgehead atoms. The third-order valence-corrected chi connectivity index (χ3v) is 7.11. The van der Waals surface area contributed by atoms with Crippen LogP contribution in [0.25, 0.3) is 15.9 Å². The highest BCUT2D eigenvalue weighted by Gasteiger charge is 2.22. The summed E-state index contributed by atoms with van der Waals surface area (Å²) in [5.41, 5.74) is 3.68. The lowest BCUT2D eigenvalue weighted by Gasteiger charge is -2.14. The third kappa shape index (κ3) is 6.78. The number of nitrogens with zero attached hydrogens (tertiary/aromatic N) is 4. The van der Waals surface area contributed by atoms with E-state index in [0.29, 0.717) is 11.5 Å². The predicted molar refractivity (Wildman–Crippen MR) is 157 cm³/mol. The van der Waals surface area contributed by atoms with Crippen LogP contribution in [0.3, 0.4) is 0 Å². The van der Waals surface area contributed by atoms with E-state index >= 15 is 0 Å². The normalized spacial score (nSPS) is 11.8. The van der Waals surface area contributed by atoms with E-state index in [0.717, 1.165) is 28.2 Å². The Labute approximate surface area is 239 Å². The second kappa shape index (κ2) is 10.8. The van der Waals surface area contributed by atoms with Gasteiger partial charge in [-0.1, -0.05) is 20.8 Å². The number of nitrogens with one attached hydrogen (secondary N) is 3. The minimum Gasteiger partial charge on any atom is -0.457 e. The number of aromatic nitrogens is 4. The molecule has 3 N–H and O–H groups in total. The van der Waals surface area contributed by atoms with Gasteiger partial charge in [0.1, 0.15) is 29.0 Å². The number of urea groups is 1. The van der Waals surface area contributed by atoms with Crippen molar-refractivity contribution in [2.24, 2.45) is 0 Å². The van der Waals surface area contributed by atoms with Gasteiger partial charge in [0.2, 0.25) is 10.0 Å². The highest BCUT2D eigenvalue weighted by atomic mass is 32.2. The Balaban J connectivity index is 1.32. The summed E-state index contributed by atoms with van der Waals surface area (Å²) >= 11 is 1.53. The molecule has 0 atom stereocenters. The lowest BCUT2D eigenvalue weighted by Crippen LogP contribution is -2.22. The molecule has 2 amide bonds. The average Bonchev–Trinajstić information content (AvgIpc) is 3.51. The Morgan fingerprint density at radius 3 is 2.51 bits per heavy atom. The first-order valence-electron chi connectivity index (χ1n) is 12.3. The first-order valence-corrected chi connectivity index (χ1v) is 15.0. The number of hydrogen-bond acceptors (Lipinski definition) is 8. The number of fused-ring (bicyclic) bond motifs is 1. The molecule has 11 nitrogen and oxygen atoms in total. The van der Waals surface area contributed by atoms with E-state index in [9.17, 15) is 17.6 Å². The molecule has 0 aliphatic rings. The molecular weight excluding hydrogens is 569 g/mol. The number of carbonyl (C=O) groups excluding carboxylic acids is 1. The molecule has 0 radical (unpaired) electrons. The number of amides is 2. The highest BCUT2D eigenvalue weighted by molar-refractivity contribution is 7.92. The van der Waals surface area contributed by atoms with Crippen LogP contribution in [0.5, 0.6) is 11.5 Å². The molecule has 0 unspecified atom stereocenters. The number of pyridine rings is 1. The van der Waals surface area contributed by atoms with Crippen LogP contribution in [-0.4, -0.2) is 40.5 Å². The zero-order valence-electron chi connectivity index (χ0n) is 22.5. The van der Waals surface area contributed by atoms with E-state index in [1.807, 2.05) is 39.0 Å². The largest absolute Gasteiger partial charge is 0.457 e. The van der Waals surface area contributed by atoms with Gasteiger partial charge in [0.25, 0.3) is 0 Å². The van der Waals surface area contributed by atoms with Crippen LogP contribution in [0.15, 0.2) is 66.3 Å². The van der Waals surface area contributed by atoms with Crippen molar-refractivity contribution in [2.45, 2.75) is 26.2 Å². The fourth-order valence-corrected chi connectivity index (χ4v) is 4.95. The van der Waals surface area contributed by atoms with E-state index in [4.69, 9.17) is 9.84 Å². The van der Waals surface area contributed by atoms with E-state index in [1.54, 1.807) is 16.3 Å². The van der Waals surface area contributed by atoms with Crippen LogP contribution >= 0.6 is 11.3 Å². The van der Waals surface area contributed by atoms with Gasteiger partial charge in [-0.15, -0.1) is 11.3 Å². The molecular formula is C27H26FN7O4S2. The van der Waals surface area contributed by atoms with E-state index < -0.39 is 21.9 Å². The van der Waals surface area contributed by atoms with Crippen molar-refractivity contribution in [2.75, 3.05) is 21.6 Å². The molecule has 0 aliphatic carbocycles. The number of benzene rings is 2. The van der Waals surface area contributed by atoms with E-state index in [2.05, 4.69) is 25.3 Å². The second-order valence-electron chi connectivity index (χ2n) is 10.2. The van der Waals surface area contributed by atoms with Gasteiger partial charge in [0.05, 0.1) is 39.1 Å². The Morgan fingerprint density at radius 1 is 1.00 bits per heavy atom. The Bertz CT molecular complexity index is 1860. The summed E-state index contributed by atoms with van der Waals surface area (Å²) in [6, 6.07) is 13.6. The van der Waals surface area contributed by atoms with Crippen molar-refractivity contribution in [1.29, 1.82) is 0 Å². The summed E-state index contributed by atoms with van der Waals surface area (Å²) in [5, 5.41) is 10.0. The van der Waals surface area contributed by atoms with Crippen LogP contribution in [-0.2, 0) is 15.4 Å². The average molecular weight is 596 g/mol. The molecule has 212 valence electrons. The number of rotatable bonds is 7. The van der Waals surface area contributed by atoms with Crippen LogP contribution < -0.4 is 20.1 Å². The first kappa shape index (κ1) is 28.0. The third-order valence-electron chi connectivity index (χ3n) is 5.72. The summed E-state index contributed by atoms with van der Waals surface area (Å²) in [6.07, 6.45) is 2.35.